The zero-order valence-corrected chi connectivity index (χ0v) is 29.5. The summed E-state index contributed by atoms with van der Waals surface area (Å²) < 4.78 is 55.3. The van der Waals surface area contributed by atoms with E-state index in [1.54, 1.807) is 0 Å². The van der Waals surface area contributed by atoms with Gasteiger partial charge in [-0.05, 0) is 85.9 Å². The Hall–Kier alpha value is -7.63. The molecule has 12 aromatic rings. The van der Waals surface area contributed by atoms with Gasteiger partial charge < -0.3 is 8.83 Å². The van der Waals surface area contributed by atoms with Crippen LogP contribution < -0.4 is 0 Å². The standard InChI is InChI=1S/C51H29N3O2/c1-2-11-30(12-3-1)49-52-50(32-22-25-41-40-17-8-9-19-44(40)55-46(41)28-32)54-51(53-49)33-23-26-42-47(29-33)56-45-20-10-18-34(48(42)45)31-21-24-39-37-15-5-4-13-35(37)36-14-6-7-16-38(36)43(39)27-31/h1-29H/i1D,2D,3D,11D,12D. The van der Waals surface area contributed by atoms with Gasteiger partial charge in [0.1, 0.15) is 22.3 Å². The monoisotopic (exact) mass is 720 g/mol. The van der Waals surface area contributed by atoms with Gasteiger partial charge in [0.2, 0.25) is 0 Å². The van der Waals surface area contributed by atoms with Crippen molar-refractivity contribution in [1.82, 2.24) is 15.0 Å². The van der Waals surface area contributed by atoms with Crippen LogP contribution in [0.5, 0.6) is 0 Å². The molecular formula is C51H29N3O2. The first-order valence-corrected chi connectivity index (χ1v) is 18.3. The third-order valence-corrected chi connectivity index (χ3v) is 10.8. The van der Waals surface area contributed by atoms with Gasteiger partial charge in [-0.3, -0.25) is 0 Å². The van der Waals surface area contributed by atoms with Gasteiger partial charge >= 0.3 is 0 Å². The highest BCUT2D eigenvalue weighted by Crippen LogP contribution is 2.42. The molecule has 0 atom stereocenters. The minimum atomic E-state index is -0.496. The van der Waals surface area contributed by atoms with Crippen LogP contribution in [0.1, 0.15) is 6.85 Å². The molecule has 0 spiro atoms. The maximum atomic E-state index is 8.77. The van der Waals surface area contributed by atoms with E-state index in [1.165, 1.54) is 32.3 Å². The summed E-state index contributed by atoms with van der Waals surface area (Å²) in [4.78, 5) is 14.4. The maximum absolute atomic E-state index is 8.77. The van der Waals surface area contributed by atoms with Crippen molar-refractivity contribution in [3.63, 3.8) is 0 Å². The Bertz CT molecular complexity index is 3790. The minimum absolute atomic E-state index is 0.0506. The van der Waals surface area contributed by atoms with Crippen molar-refractivity contribution >= 4 is 76.2 Å². The molecule has 0 N–H and O–H groups in total. The van der Waals surface area contributed by atoms with Crippen LogP contribution in [-0.4, -0.2) is 15.0 Å². The maximum Gasteiger partial charge on any atom is 0.164 e. The molecule has 3 heterocycles. The van der Waals surface area contributed by atoms with E-state index in [2.05, 4.69) is 72.8 Å². The van der Waals surface area contributed by atoms with E-state index in [0.717, 1.165) is 43.8 Å². The molecule has 0 unspecified atom stereocenters. The molecule has 0 amide bonds. The van der Waals surface area contributed by atoms with Crippen molar-refractivity contribution in [2.75, 3.05) is 0 Å². The first kappa shape index (κ1) is 26.2. The summed E-state index contributed by atoms with van der Waals surface area (Å²) in [7, 11) is 0. The van der Waals surface area contributed by atoms with E-state index in [-0.39, 0.29) is 23.0 Å². The summed E-state index contributed by atoms with van der Waals surface area (Å²) in [5.41, 5.74) is 5.91. The van der Waals surface area contributed by atoms with Crippen LogP contribution in [0.15, 0.2) is 185 Å². The molecule has 56 heavy (non-hydrogen) atoms. The Balaban J connectivity index is 1.04. The van der Waals surface area contributed by atoms with Gasteiger partial charge in [0.15, 0.2) is 17.5 Å². The first-order valence-electron chi connectivity index (χ1n) is 20.8. The van der Waals surface area contributed by atoms with Gasteiger partial charge in [0, 0.05) is 38.2 Å². The number of para-hydroxylation sites is 1. The number of rotatable bonds is 4. The minimum Gasteiger partial charge on any atom is -0.456 e. The number of hydrogen-bond donors (Lipinski definition) is 0. The van der Waals surface area contributed by atoms with E-state index in [0.29, 0.717) is 22.3 Å². The largest absolute Gasteiger partial charge is 0.456 e. The van der Waals surface area contributed by atoms with Gasteiger partial charge in [0.05, 0.1) is 6.85 Å². The molecule has 0 fully saturated rings. The number of furan rings is 2. The molecule has 5 heteroatoms. The highest BCUT2D eigenvalue weighted by molar-refractivity contribution is 6.26. The van der Waals surface area contributed by atoms with Crippen molar-refractivity contribution in [3.05, 3.63) is 176 Å². The number of benzene rings is 9. The van der Waals surface area contributed by atoms with Crippen LogP contribution in [0.4, 0.5) is 0 Å². The lowest BCUT2D eigenvalue weighted by Crippen LogP contribution is -2.00. The quantitative estimate of drug-likeness (QED) is 0.169. The van der Waals surface area contributed by atoms with Crippen molar-refractivity contribution in [3.8, 4) is 45.3 Å². The molecule has 0 saturated heterocycles. The van der Waals surface area contributed by atoms with Crippen molar-refractivity contribution in [2.45, 2.75) is 0 Å². The van der Waals surface area contributed by atoms with E-state index in [9.17, 15) is 0 Å². The predicted molar refractivity (Wildman–Crippen MR) is 229 cm³/mol. The SMILES string of the molecule is [2H]c1c([2H])c([2H])c(-c2nc(-c3ccc4c(c3)oc3ccccc34)nc(-c3ccc4c(c3)oc3cccc(-c5ccc6c7ccccc7c7ccccc7c6c5)c34)n2)c([2H])c1[2H]. The van der Waals surface area contributed by atoms with Crippen LogP contribution >= 0.6 is 0 Å². The molecule has 3 aromatic heterocycles. The Labute approximate surface area is 327 Å². The average molecular weight is 721 g/mol. The van der Waals surface area contributed by atoms with Crippen LogP contribution in [-0.2, 0) is 0 Å². The van der Waals surface area contributed by atoms with Crippen molar-refractivity contribution in [2.24, 2.45) is 0 Å². The summed E-state index contributed by atoms with van der Waals surface area (Å²) in [5, 5.41) is 11.0. The number of hydrogen-bond acceptors (Lipinski definition) is 5. The van der Waals surface area contributed by atoms with E-state index >= 15 is 0 Å². The summed E-state index contributed by atoms with van der Waals surface area (Å²) in [5.74, 6) is 0.441. The summed E-state index contributed by atoms with van der Waals surface area (Å²) >= 11 is 0. The Morgan fingerprint density at radius 3 is 1.52 bits per heavy atom. The predicted octanol–water partition coefficient (Wildman–Crippen LogP) is 13.8. The average Bonchev–Trinajstić information content (AvgIpc) is 3.88. The van der Waals surface area contributed by atoms with E-state index < -0.39 is 30.2 Å². The number of fused-ring (bicyclic) bond motifs is 12. The highest BCUT2D eigenvalue weighted by atomic mass is 16.3. The lowest BCUT2D eigenvalue weighted by Gasteiger charge is -2.12. The smallest absolute Gasteiger partial charge is 0.164 e. The van der Waals surface area contributed by atoms with E-state index in [4.69, 9.17) is 30.6 Å². The van der Waals surface area contributed by atoms with Gasteiger partial charge in [-0.1, -0.05) is 133 Å². The lowest BCUT2D eigenvalue weighted by atomic mass is 9.91. The fourth-order valence-electron chi connectivity index (χ4n) is 8.25. The van der Waals surface area contributed by atoms with Crippen LogP contribution in [0.25, 0.3) is 121 Å². The molecule has 0 saturated carbocycles. The molecule has 5 nitrogen and oxygen atoms in total. The molecule has 0 radical (unpaired) electrons. The normalized spacial score (nSPS) is 13.2. The summed E-state index contributed by atoms with van der Waals surface area (Å²) in [6, 6.07) is 46.9. The Morgan fingerprint density at radius 2 is 0.821 bits per heavy atom. The van der Waals surface area contributed by atoms with Gasteiger partial charge in [-0.15, -0.1) is 0 Å². The third kappa shape index (κ3) is 4.71. The zero-order chi connectivity index (χ0) is 41.1. The summed E-state index contributed by atoms with van der Waals surface area (Å²) in [6.07, 6.45) is 0. The molecule has 0 aliphatic carbocycles. The fourth-order valence-corrected chi connectivity index (χ4v) is 8.25. The second kappa shape index (κ2) is 11.9. The first-order chi connectivity index (χ1) is 29.8. The van der Waals surface area contributed by atoms with Crippen LogP contribution in [0, 0.1) is 0 Å². The van der Waals surface area contributed by atoms with E-state index in [1.807, 2.05) is 72.8 Å². The fraction of sp³-hybridized carbons (Fsp3) is 0. The molecule has 0 aliphatic rings. The van der Waals surface area contributed by atoms with Crippen LogP contribution in [0.2, 0.25) is 0 Å². The third-order valence-electron chi connectivity index (χ3n) is 10.8. The van der Waals surface area contributed by atoms with Crippen LogP contribution in [0.3, 0.4) is 0 Å². The topological polar surface area (TPSA) is 65.0 Å². The lowest BCUT2D eigenvalue weighted by molar-refractivity contribution is 0.668. The molecular weight excluding hydrogens is 687 g/mol. The summed E-state index contributed by atoms with van der Waals surface area (Å²) in [6.45, 7) is 0. The second-order valence-electron chi connectivity index (χ2n) is 14.0. The Kier molecular flexibility index (Phi) is 5.58. The molecule has 9 aromatic carbocycles. The zero-order valence-electron chi connectivity index (χ0n) is 34.5. The molecule has 12 rings (SSSR count). The highest BCUT2D eigenvalue weighted by Gasteiger charge is 2.18. The Morgan fingerprint density at radius 1 is 0.339 bits per heavy atom. The second-order valence-corrected chi connectivity index (χ2v) is 14.0. The number of nitrogens with zero attached hydrogens (tertiary/aromatic N) is 3. The van der Waals surface area contributed by atoms with Gasteiger partial charge in [-0.25, -0.2) is 15.0 Å². The number of aromatic nitrogens is 3. The van der Waals surface area contributed by atoms with Gasteiger partial charge in [0.25, 0.3) is 0 Å². The molecule has 0 aliphatic heterocycles. The molecule has 260 valence electrons. The van der Waals surface area contributed by atoms with Crippen molar-refractivity contribution in [1.29, 1.82) is 0 Å². The van der Waals surface area contributed by atoms with Crippen molar-refractivity contribution < 1.29 is 15.7 Å². The van der Waals surface area contributed by atoms with Gasteiger partial charge in [-0.2, -0.15) is 0 Å². The molecule has 0 bridgehead atoms.